The summed E-state index contributed by atoms with van der Waals surface area (Å²) in [4.78, 5) is 0. The fraction of sp³-hybridized carbons (Fsp3) is 0.235. The molecule has 2 aromatic carbocycles. The summed E-state index contributed by atoms with van der Waals surface area (Å²) in [5, 5.41) is 13.7. The van der Waals surface area contributed by atoms with Crippen LogP contribution >= 0.6 is 23.2 Å². The van der Waals surface area contributed by atoms with Crippen molar-refractivity contribution in [2.24, 2.45) is 0 Å². The van der Waals surface area contributed by atoms with Crippen LogP contribution in [0.2, 0.25) is 10.0 Å². The van der Waals surface area contributed by atoms with Gasteiger partial charge in [-0.25, -0.2) is 0 Å². The molecule has 0 heterocycles. The molecule has 0 fully saturated rings. The molecule has 1 unspecified atom stereocenters. The number of hydrogen-bond acceptors (Lipinski definition) is 2. The highest BCUT2D eigenvalue weighted by Gasteiger charge is 2.12. The number of benzene rings is 2. The second-order valence-electron chi connectivity index (χ2n) is 4.82. The van der Waals surface area contributed by atoms with Gasteiger partial charge in [-0.3, -0.25) is 0 Å². The minimum Gasteiger partial charge on any atom is -0.306 e. The van der Waals surface area contributed by atoms with Gasteiger partial charge in [-0.05, 0) is 41.8 Å². The van der Waals surface area contributed by atoms with E-state index in [1.807, 2.05) is 30.3 Å². The third kappa shape index (κ3) is 4.22. The van der Waals surface area contributed by atoms with Crippen LogP contribution in [0, 0.1) is 11.3 Å². The molecule has 0 aliphatic carbocycles. The summed E-state index contributed by atoms with van der Waals surface area (Å²) in [5.41, 5.74) is 2.80. The number of nitrogens with one attached hydrogen (secondary N) is 1. The van der Waals surface area contributed by atoms with Crippen molar-refractivity contribution in [1.29, 1.82) is 5.26 Å². The van der Waals surface area contributed by atoms with Gasteiger partial charge in [0.15, 0.2) is 0 Å². The molecule has 0 spiro atoms. The van der Waals surface area contributed by atoms with Crippen molar-refractivity contribution in [2.75, 3.05) is 0 Å². The zero-order valence-corrected chi connectivity index (χ0v) is 13.2. The predicted octanol–water partition coefficient (Wildman–Crippen LogP) is 5.11. The van der Waals surface area contributed by atoms with Gasteiger partial charge in [0.25, 0.3) is 0 Å². The summed E-state index contributed by atoms with van der Waals surface area (Å²) in [5.74, 6) is 0. The standard InChI is InChI=1S/C17H16Cl2N2/c1-2-17(15-7-6-14(18)9-16(15)19)21-11-13-5-3-4-12(8-13)10-20/h3-9,17,21H,2,11H2,1H3. The Morgan fingerprint density at radius 2 is 2.00 bits per heavy atom. The van der Waals surface area contributed by atoms with Crippen molar-refractivity contribution in [1.82, 2.24) is 5.32 Å². The van der Waals surface area contributed by atoms with Gasteiger partial charge in [-0.2, -0.15) is 5.26 Å². The van der Waals surface area contributed by atoms with Gasteiger partial charge in [0.05, 0.1) is 11.6 Å². The van der Waals surface area contributed by atoms with E-state index < -0.39 is 0 Å². The maximum Gasteiger partial charge on any atom is 0.0991 e. The molecule has 1 N–H and O–H groups in total. The number of hydrogen-bond donors (Lipinski definition) is 1. The number of halogens is 2. The zero-order chi connectivity index (χ0) is 15.2. The number of nitriles is 1. The third-order valence-corrected chi connectivity index (χ3v) is 3.92. The molecule has 0 saturated heterocycles. The van der Waals surface area contributed by atoms with E-state index in [1.165, 1.54) is 0 Å². The third-order valence-electron chi connectivity index (χ3n) is 3.35. The molecular formula is C17H16Cl2N2. The van der Waals surface area contributed by atoms with Gasteiger partial charge >= 0.3 is 0 Å². The molecule has 21 heavy (non-hydrogen) atoms. The SMILES string of the molecule is CCC(NCc1cccc(C#N)c1)c1ccc(Cl)cc1Cl. The smallest absolute Gasteiger partial charge is 0.0991 e. The van der Waals surface area contributed by atoms with Gasteiger partial charge in [-0.15, -0.1) is 0 Å². The first-order valence-corrected chi connectivity index (χ1v) is 7.57. The van der Waals surface area contributed by atoms with Crippen molar-refractivity contribution in [3.63, 3.8) is 0 Å². The Morgan fingerprint density at radius 3 is 2.67 bits per heavy atom. The lowest BCUT2D eigenvalue weighted by atomic mass is 10.0. The predicted molar refractivity (Wildman–Crippen MR) is 87.5 cm³/mol. The Labute approximate surface area is 135 Å². The normalized spacial score (nSPS) is 11.9. The van der Waals surface area contributed by atoms with E-state index in [2.05, 4.69) is 18.3 Å². The lowest BCUT2D eigenvalue weighted by Crippen LogP contribution is -2.20. The minimum atomic E-state index is 0.153. The molecule has 4 heteroatoms. The minimum absolute atomic E-state index is 0.153. The monoisotopic (exact) mass is 318 g/mol. The molecule has 2 nitrogen and oxygen atoms in total. The van der Waals surface area contributed by atoms with E-state index in [4.69, 9.17) is 28.5 Å². The molecule has 108 valence electrons. The van der Waals surface area contributed by atoms with E-state index >= 15 is 0 Å². The second kappa shape index (κ2) is 7.47. The molecule has 0 aromatic heterocycles. The zero-order valence-electron chi connectivity index (χ0n) is 11.7. The highest BCUT2D eigenvalue weighted by Crippen LogP contribution is 2.28. The van der Waals surface area contributed by atoms with Crippen LogP contribution in [0.25, 0.3) is 0 Å². The molecule has 0 aliphatic rings. The van der Waals surface area contributed by atoms with Crippen LogP contribution < -0.4 is 5.32 Å². The van der Waals surface area contributed by atoms with Gasteiger partial charge in [-0.1, -0.05) is 48.3 Å². The molecule has 0 bridgehead atoms. The Morgan fingerprint density at radius 1 is 1.19 bits per heavy atom. The summed E-state index contributed by atoms with van der Waals surface area (Å²) in [6.07, 6.45) is 0.916. The van der Waals surface area contributed by atoms with Crippen molar-refractivity contribution < 1.29 is 0 Å². The lowest BCUT2D eigenvalue weighted by molar-refractivity contribution is 0.519. The van der Waals surface area contributed by atoms with E-state index in [0.717, 1.165) is 17.5 Å². The quantitative estimate of drug-likeness (QED) is 0.831. The Kier molecular flexibility index (Phi) is 5.64. The molecule has 0 saturated carbocycles. The van der Waals surface area contributed by atoms with E-state index in [-0.39, 0.29) is 6.04 Å². The summed E-state index contributed by atoms with van der Waals surface area (Å²) < 4.78 is 0. The van der Waals surface area contributed by atoms with Crippen molar-refractivity contribution in [2.45, 2.75) is 25.9 Å². The van der Waals surface area contributed by atoms with Crippen LogP contribution in [0.3, 0.4) is 0 Å². The molecular weight excluding hydrogens is 303 g/mol. The molecule has 2 rings (SSSR count). The van der Waals surface area contributed by atoms with E-state index in [0.29, 0.717) is 22.2 Å². The Balaban J connectivity index is 2.10. The first-order valence-electron chi connectivity index (χ1n) is 6.81. The van der Waals surface area contributed by atoms with E-state index in [1.54, 1.807) is 12.1 Å². The molecule has 1 atom stereocenters. The van der Waals surface area contributed by atoms with E-state index in [9.17, 15) is 0 Å². The van der Waals surface area contributed by atoms with Crippen molar-refractivity contribution in [3.05, 3.63) is 69.2 Å². The van der Waals surface area contributed by atoms with Gasteiger partial charge in [0, 0.05) is 22.6 Å². The highest BCUT2D eigenvalue weighted by atomic mass is 35.5. The number of nitrogens with zero attached hydrogens (tertiary/aromatic N) is 1. The lowest BCUT2D eigenvalue weighted by Gasteiger charge is -2.19. The van der Waals surface area contributed by atoms with Gasteiger partial charge < -0.3 is 5.32 Å². The van der Waals surface area contributed by atoms with Crippen LogP contribution in [0.15, 0.2) is 42.5 Å². The average molecular weight is 319 g/mol. The molecule has 0 aliphatic heterocycles. The molecule has 2 aromatic rings. The summed E-state index contributed by atoms with van der Waals surface area (Å²) >= 11 is 12.2. The van der Waals surface area contributed by atoms with Crippen LogP contribution in [-0.4, -0.2) is 0 Å². The second-order valence-corrected chi connectivity index (χ2v) is 5.66. The van der Waals surface area contributed by atoms with Crippen molar-refractivity contribution in [3.8, 4) is 6.07 Å². The Bertz CT molecular complexity index is 662. The maximum absolute atomic E-state index is 8.93. The number of rotatable bonds is 5. The molecule has 0 radical (unpaired) electrons. The summed E-state index contributed by atoms with van der Waals surface area (Å²) in [6, 6.07) is 15.5. The topological polar surface area (TPSA) is 35.8 Å². The maximum atomic E-state index is 8.93. The fourth-order valence-corrected chi connectivity index (χ4v) is 2.79. The molecule has 0 amide bonds. The van der Waals surface area contributed by atoms with Crippen LogP contribution in [0.5, 0.6) is 0 Å². The van der Waals surface area contributed by atoms with Gasteiger partial charge in [0.1, 0.15) is 0 Å². The summed E-state index contributed by atoms with van der Waals surface area (Å²) in [7, 11) is 0. The van der Waals surface area contributed by atoms with Crippen molar-refractivity contribution >= 4 is 23.2 Å². The van der Waals surface area contributed by atoms with Crippen LogP contribution in [-0.2, 0) is 6.54 Å². The van der Waals surface area contributed by atoms with Gasteiger partial charge in [0.2, 0.25) is 0 Å². The van der Waals surface area contributed by atoms with Crippen LogP contribution in [0.4, 0.5) is 0 Å². The highest BCUT2D eigenvalue weighted by molar-refractivity contribution is 6.35. The fourth-order valence-electron chi connectivity index (χ4n) is 2.25. The first-order chi connectivity index (χ1) is 10.1. The first kappa shape index (κ1) is 15.9. The summed E-state index contributed by atoms with van der Waals surface area (Å²) in [6.45, 7) is 2.79. The largest absolute Gasteiger partial charge is 0.306 e. The Hall–Kier alpha value is -1.53. The average Bonchev–Trinajstić information content (AvgIpc) is 2.49. The van der Waals surface area contributed by atoms with Crippen LogP contribution in [0.1, 0.15) is 36.1 Å².